The quantitative estimate of drug-likeness (QED) is 0.270. The summed E-state index contributed by atoms with van der Waals surface area (Å²) in [5.41, 5.74) is 9.21. The van der Waals surface area contributed by atoms with Gasteiger partial charge in [0.15, 0.2) is 6.20 Å². The van der Waals surface area contributed by atoms with Crippen molar-refractivity contribution in [3.8, 4) is 28.5 Å². The van der Waals surface area contributed by atoms with Crippen molar-refractivity contribution in [1.82, 2.24) is 0 Å². The summed E-state index contributed by atoms with van der Waals surface area (Å²) in [7, 11) is 2.06. The first kappa shape index (κ1) is 20.7. The third kappa shape index (κ3) is 3.30. The highest BCUT2D eigenvalue weighted by molar-refractivity contribution is 6.13. The molecule has 0 N–H and O–H groups in total. The Morgan fingerprint density at radius 2 is 1.71 bits per heavy atom. The van der Waals surface area contributed by atoms with Crippen LogP contribution in [0.1, 0.15) is 48.3 Å². The maximum atomic E-state index is 9.79. The molecule has 3 nitrogen and oxygen atoms in total. The molecular weight excluding hydrogens is 416 g/mol. The van der Waals surface area contributed by atoms with Crippen molar-refractivity contribution in [3.05, 3.63) is 89.6 Å². The number of nitrogens with zero attached hydrogens (tertiary/aromatic N) is 2. The summed E-state index contributed by atoms with van der Waals surface area (Å²) in [5, 5.41) is 11.8. The minimum Gasteiger partial charge on any atom is -0.454 e. The van der Waals surface area contributed by atoms with Crippen LogP contribution in [-0.2, 0) is 7.05 Å². The predicted octanol–water partition coefficient (Wildman–Crippen LogP) is 7.58. The standard InChI is InChI=1S/C31H27N2O/c1-20-10-15-25-27-18-21(19-32)17-26(24-13-11-23(12-14-24)22-7-3-4-8-22)30(27)34-31(25)29(20)28-9-5-6-16-33(28)2/h5-6,9-18,22H,3-4,7-8H2,1-2H3/q+1. The molecule has 0 atom stereocenters. The molecule has 0 amide bonds. The Balaban J connectivity index is 1.59. The molecule has 1 saturated carbocycles. The van der Waals surface area contributed by atoms with Crippen molar-refractivity contribution in [2.45, 2.75) is 38.5 Å². The molecule has 166 valence electrons. The number of aromatic nitrogens is 1. The summed E-state index contributed by atoms with van der Waals surface area (Å²) < 4.78 is 8.79. The Bertz CT molecular complexity index is 1580. The third-order valence-corrected chi connectivity index (χ3v) is 7.44. The van der Waals surface area contributed by atoms with Crippen LogP contribution < -0.4 is 4.57 Å². The van der Waals surface area contributed by atoms with Crippen molar-refractivity contribution in [1.29, 1.82) is 5.26 Å². The van der Waals surface area contributed by atoms with Crippen LogP contribution in [0.5, 0.6) is 0 Å². The lowest BCUT2D eigenvalue weighted by molar-refractivity contribution is -0.660. The summed E-state index contributed by atoms with van der Waals surface area (Å²) >= 11 is 0. The van der Waals surface area contributed by atoms with Gasteiger partial charge in [0.05, 0.1) is 17.2 Å². The van der Waals surface area contributed by atoms with Crippen LogP contribution in [0.2, 0.25) is 0 Å². The number of hydrogen-bond donors (Lipinski definition) is 0. The first-order valence-electron chi connectivity index (χ1n) is 12.1. The van der Waals surface area contributed by atoms with Gasteiger partial charge in [-0.3, -0.25) is 0 Å². The van der Waals surface area contributed by atoms with E-state index in [2.05, 4.69) is 79.3 Å². The number of furan rings is 1. The zero-order valence-corrected chi connectivity index (χ0v) is 19.6. The average molecular weight is 444 g/mol. The van der Waals surface area contributed by atoms with E-state index in [1.165, 1.54) is 31.2 Å². The molecule has 3 aromatic carbocycles. The van der Waals surface area contributed by atoms with E-state index in [1.807, 2.05) is 18.2 Å². The van der Waals surface area contributed by atoms with E-state index in [-0.39, 0.29) is 0 Å². The molecule has 1 aliphatic rings. The lowest BCUT2D eigenvalue weighted by atomic mass is 9.93. The number of fused-ring (bicyclic) bond motifs is 3. The Hall–Kier alpha value is -3.90. The highest BCUT2D eigenvalue weighted by Crippen LogP contribution is 2.42. The van der Waals surface area contributed by atoms with E-state index in [4.69, 9.17) is 4.42 Å². The summed E-state index contributed by atoms with van der Waals surface area (Å²) in [6, 6.07) is 25.7. The van der Waals surface area contributed by atoms with Crippen LogP contribution >= 0.6 is 0 Å². The summed E-state index contributed by atoms with van der Waals surface area (Å²) in [6.45, 7) is 2.12. The molecule has 5 aromatic rings. The van der Waals surface area contributed by atoms with Gasteiger partial charge in [0.2, 0.25) is 5.69 Å². The van der Waals surface area contributed by atoms with Crippen LogP contribution in [0.3, 0.4) is 0 Å². The van der Waals surface area contributed by atoms with Gasteiger partial charge < -0.3 is 4.42 Å². The summed E-state index contributed by atoms with van der Waals surface area (Å²) in [5.74, 6) is 0.683. The maximum Gasteiger partial charge on any atom is 0.216 e. The second-order valence-corrected chi connectivity index (χ2v) is 9.55. The number of nitriles is 1. The summed E-state index contributed by atoms with van der Waals surface area (Å²) in [6.07, 6.45) is 7.29. The first-order chi connectivity index (χ1) is 16.6. The Morgan fingerprint density at radius 1 is 0.912 bits per heavy atom. The van der Waals surface area contributed by atoms with Gasteiger partial charge in [-0.25, -0.2) is 4.57 Å². The molecule has 0 unspecified atom stereocenters. The Labute approximate surface area is 199 Å². The fourth-order valence-corrected chi connectivity index (χ4v) is 5.61. The SMILES string of the molecule is Cc1ccc2c(oc3c(-c4ccc(C5CCCC5)cc4)cc(C#N)cc32)c1-c1cccc[n+]1C. The highest BCUT2D eigenvalue weighted by atomic mass is 16.3. The molecule has 1 fully saturated rings. The molecule has 0 bridgehead atoms. The topological polar surface area (TPSA) is 40.8 Å². The van der Waals surface area contributed by atoms with Crippen LogP contribution in [-0.4, -0.2) is 0 Å². The zero-order chi connectivity index (χ0) is 23.2. The number of pyridine rings is 1. The monoisotopic (exact) mass is 443 g/mol. The predicted molar refractivity (Wildman–Crippen MR) is 136 cm³/mol. The van der Waals surface area contributed by atoms with Gasteiger partial charge in [-0.1, -0.05) is 49.2 Å². The normalized spacial score (nSPS) is 14.1. The molecule has 34 heavy (non-hydrogen) atoms. The van der Waals surface area contributed by atoms with Crippen molar-refractivity contribution in [2.75, 3.05) is 0 Å². The molecule has 6 rings (SSSR count). The number of hydrogen-bond acceptors (Lipinski definition) is 2. The smallest absolute Gasteiger partial charge is 0.216 e. The lowest BCUT2D eigenvalue weighted by Crippen LogP contribution is -2.30. The summed E-state index contributed by atoms with van der Waals surface area (Å²) in [4.78, 5) is 0. The molecule has 1 aliphatic carbocycles. The van der Waals surface area contributed by atoms with E-state index in [1.54, 1.807) is 0 Å². The average Bonchev–Trinajstić information content (AvgIpc) is 3.53. The van der Waals surface area contributed by atoms with E-state index in [9.17, 15) is 5.26 Å². The van der Waals surface area contributed by atoms with Gasteiger partial charge >= 0.3 is 0 Å². The van der Waals surface area contributed by atoms with Gasteiger partial charge in [0, 0.05) is 28.5 Å². The molecule has 2 aromatic heterocycles. The molecule has 2 heterocycles. The number of aryl methyl sites for hydroxylation is 2. The second-order valence-electron chi connectivity index (χ2n) is 9.55. The van der Waals surface area contributed by atoms with Crippen molar-refractivity contribution >= 4 is 21.9 Å². The van der Waals surface area contributed by atoms with Crippen LogP contribution in [0.4, 0.5) is 0 Å². The van der Waals surface area contributed by atoms with E-state index in [0.29, 0.717) is 11.5 Å². The number of rotatable bonds is 3. The Kier molecular flexibility index (Phi) is 4.96. The second kappa shape index (κ2) is 8.15. The molecule has 0 radical (unpaired) electrons. The molecule has 0 aliphatic heterocycles. The Morgan fingerprint density at radius 3 is 2.44 bits per heavy atom. The van der Waals surface area contributed by atoms with Crippen LogP contribution in [0, 0.1) is 18.3 Å². The minimum atomic E-state index is 0.650. The van der Waals surface area contributed by atoms with Crippen molar-refractivity contribution in [2.24, 2.45) is 7.05 Å². The minimum absolute atomic E-state index is 0.650. The highest BCUT2D eigenvalue weighted by Gasteiger charge is 2.22. The fraction of sp³-hybridized carbons (Fsp3) is 0.226. The van der Waals surface area contributed by atoms with Crippen molar-refractivity contribution in [3.63, 3.8) is 0 Å². The maximum absolute atomic E-state index is 9.79. The van der Waals surface area contributed by atoms with Gasteiger partial charge in [0.1, 0.15) is 18.2 Å². The van der Waals surface area contributed by atoms with E-state index >= 15 is 0 Å². The molecule has 0 spiro atoms. The van der Waals surface area contributed by atoms with Crippen LogP contribution in [0.15, 0.2) is 77.3 Å². The van der Waals surface area contributed by atoms with Crippen molar-refractivity contribution < 1.29 is 8.98 Å². The van der Waals surface area contributed by atoms with Crippen LogP contribution in [0.25, 0.3) is 44.3 Å². The third-order valence-electron chi connectivity index (χ3n) is 7.44. The van der Waals surface area contributed by atoms with E-state index in [0.717, 1.165) is 49.9 Å². The molecule has 3 heteroatoms. The number of benzene rings is 3. The molecular formula is C31H27N2O+. The van der Waals surface area contributed by atoms with Gasteiger partial charge in [0.25, 0.3) is 0 Å². The fourth-order valence-electron chi connectivity index (χ4n) is 5.61. The van der Waals surface area contributed by atoms with E-state index < -0.39 is 0 Å². The lowest BCUT2D eigenvalue weighted by Gasteiger charge is -2.11. The molecule has 0 saturated heterocycles. The van der Waals surface area contributed by atoms with Gasteiger partial charge in [-0.2, -0.15) is 5.26 Å². The zero-order valence-electron chi connectivity index (χ0n) is 19.6. The van der Waals surface area contributed by atoms with Gasteiger partial charge in [-0.15, -0.1) is 0 Å². The van der Waals surface area contributed by atoms with Gasteiger partial charge in [-0.05, 0) is 60.6 Å². The first-order valence-corrected chi connectivity index (χ1v) is 12.1. The largest absolute Gasteiger partial charge is 0.454 e.